The van der Waals surface area contributed by atoms with Gasteiger partial charge in [0.15, 0.2) is 11.5 Å². The quantitative estimate of drug-likeness (QED) is 0.493. The van der Waals surface area contributed by atoms with E-state index in [1.165, 1.54) is 17.5 Å². The maximum atomic E-state index is 12.9. The molecule has 7 nitrogen and oxygen atoms in total. The van der Waals surface area contributed by atoms with Crippen LogP contribution in [-0.4, -0.2) is 46.1 Å². The van der Waals surface area contributed by atoms with Gasteiger partial charge in [-0.1, -0.05) is 19.9 Å². The van der Waals surface area contributed by atoms with Crippen LogP contribution in [0.2, 0.25) is 0 Å². The molecule has 0 unspecified atom stereocenters. The molecule has 2 N–H and O–H groups in total. The molecule has 0 saturated carbocycles. The minimum absolute atomic E-state index is 0.0538. The third kappa shape index (κ3) is 6.20. The lowest BCUT2D eigenvalue weighted by atomic mass is 10.2. The second-order valence-electron chi connectivity index (χ2n) is 6.54. The Morgan fingerprint density at radius 2 is 1.68 bits per heavy atom. The Hall–Kier alpha value is -2.59. The van der Waals surface area contributed by atoms with E-state index in [0.717, 1.165) is 11.3 Å². The lowest BCUT2D eigenvalue weighted by Crippen LogP contribution is -2.30. The molecule has 0 amide bonds. The highest BCUT2D eigenvalue weighted by molar-refractivity contribution is 7.89. The molecule has 0 saturated heterocycles. The molecule has 0 aliphatic heterocycles. The number of nitrogens with one attached hydrogen (secondary N) is 2. The van der Waals surface area contributed by atoms with Crippen LogP contribution >= 0.6 is 0 Å². The lowest BCUT2D eigenvalue weighted by Gasteiger charge is -2.20. The number of hydrogen-bond donors (Lipinski definition) is 2. The molecule has 0 aliphatic carbocycles. The van der Waals surface area contributed by atoms with E-state index in [0.29, 0.717) is 31.9 Å². The Morgan fingerprint density at radius 3 is 2.26 bits per heavy atom. The summed E-state index contributed by atoms with van der Waals surface area (Å²) < 4.78 is 61.8. The van der Waals surface area contributed by atoms with Crippen LogP contribution in [0.15, 0.2) is 41.3 Å². The molecule has 0 radical (unpaired) electrons. The maximum absolute atomic E-state index is 12.9. The van der Waals surface area contributed by atoms with Crippen LogP contribution in [-0.2, 0) is 16.6 Å². The number of nitrogens with zero attached hydrogens (tertiary/aromatic N) is 1. The number of hydrogen-bond acceptors (Lipinski definition) is 6. The summed E-state index contributed by atoms with van der Waals surface area (Å²) in [4.78, 5) is 0.193. The topological polar surface area (TPSA) is 79.9 Å². The number of sulfonamides is 1. The highest BCUT2D eigenvalue weighted by atomic mass is 32.2. The molecular formula is C21H29F2N3O4S. The number of halogens is 2. The number of benzene rings is 2. The Balaban J connectivity index is 2.31. The standard InChI is InChI=1S/C21H29F2N3O4S/c1-5-24-17-10-9-16(31(27,28)26(6-2)7-3)13-18(17)25-14-15-8-11-19(30-21(22)23)20(12-15)29-4/h8-13,21,24-25H,5-7,14H2,1-4H3. The normalized spacial score (nSPS) is 11.6. The van der Waals surface area contributed by atoms with Crippen LogP contribution in [0.3, 0.4) is 0 Å². The van der Waals surface area contributed by atoms with Gasteiger partial charge in [0.2, 0.25) is 10.0 Å². The van der Waals surface area contributed by atoms with E-state index in [2.05, 4.69) is 15.4 Å². The summed E-state index contributed by atoms with van der Waals surface area (Å²) in [5, 5.41) is 6.43. The van der Waals surface area contributed by atoms with Gasteiger partial charge in [-0.15, -0.1) is 0 Å². The number of rotatable bonds is 12. The molecule has 31 heavy (non-hydrogen) atoms. The van der Waals surface area contributed by atoms with Gasteiger partial charge in [-0.25, -0.2) is 8.42 Å². The maximum Gasteiger partial charge on any atom is 0.387 e. The van der Waals surface area contributed by atoms with Gasteiger partial charge in [0.1, 0.15) is 0 Å². The van der Waals surface area contributed by atoms with Crippen molar-refractivity contribution in [3.8, 4) is 11.5 Å². The van der Waals surface area contributed by atoms with E-state index in [-0.39, 0.29) is 16.4 Å². The van der Waals surface area contributed by atoms with Gasteiger partial charge in [-0.2, -0.15) is 13.1 Å². The average molecular weight is 458 g/mol. The summed E-state index contributed by atoms with van der Waals surface area (Å²) in [6.07, 6.45) is 0. The second-order valence-corrected chi connectivity index (χ2v) is 8.48. The molecule has 0 aliphatic rings. The van der Waals surface area contributed by atoms with Gasteiger partial charge in [-0.3, -0.25) is 0 Å². The fourth-order valence-electron chi connectivity index (χ4n) is 3.10. The third-order valence-electron chi connectivity index (χ3n) is 4.63. The number of anilines is 2. The summed E-state index contributed by atoms with van der Waals surface area (Å²) in [5.74, 6) is 0.131. The van der Waals surface area contributed by atoms with Crippen LogP contribution in [0.25, 0.3) is 0 Å². The van der Waals surface area contributed by atoms with Gasteiger partial charge < -0.3 is 20.1 Å². The third-order valence-corrected chi connectivity index (χ3v) is 6.67. The zero-order valence-corrected chi connectivity index (χ0v) is 18.9. The molecule has 2 aromatic rings. The monoisotopic (exact) mass is 457 g/mol. The first kappa shape index (κ1) is 24.7. The largest absolute Gasteiger partial charge is 0.493 e. The van der Waals surface area contributed by atoms with E-state index in [1.807, 2.05) is 6.92 Å². The van der Waals surface area contributed by atoms with E-state index < -0.39 is 16.6 Å². The minimum atomic E-state index is -3.61. The summed E-state index contributed by atoms with van der Waals surface area (Å²) in [7, 11) is -2.24. The van der Waals surface area contributed by atoms with Gasteiger partial charge in [0.05, 0.1) is 23.4 Å². The Kier molecular flexibility index (Phi) is 8.88. The van der Waals surface area contributed by atoms with Crippen molar-refractivity contribution >= 4 is 21.4 Å². The average Bonchev–Trinajstić information content (AvgIpc) is 2.74. The van der Waals surface area contributed by atoms with Crippen molar-refractivity contribution in [3.63, 3.8) is 0 Å². The first-order valence-electron chi connectivity index (χ1n) is 10.00. The van der Waals surface area contributed by atoms with Crippen LogP contribution in [0.1, 0.15) is 26.3 Å². The van der Waals surface area contributed by atoms with Crippen molar-refractivity contribution in [2.45, 2.75) is 38.8 Å². The van der Waals surface area contributed by atoms with Gasteiger partial charge >= 0.3 is 6.61 Å². The van der Waals surface area contributed by atoms with Crippen LogP contribution in [0.4, 0.5) is 20.2 Å². The van der Waals surface area contributed by atoms with Gasteiger partial charge in [0, 0.05) is 26.2 Å². The molecule has 0 fully saturated rings. The predicted octanol–water partition coefficient (Wildman–Crippen LogP) is 4.37. The van der Waals surface area contributed by atoms with Gasteiger partial charge in [0.25, 0.3) is 0 Å². The second kappa shape index (κ2) is 11.1. The molecular weight excluding hydrogens is 428 g/mol. The fraction of sp³-hybridized carbons (Fsp3) is 0.429. The number of ether oxygens (including phenoxy) is 2. The first-order valence-corrected chi connectivity index (χ1v) is 11.4. The lowest BCUT2D eigenvalue weighted by molar-refractivity contribution is -0.0512. The van der Waals surface area contributed by atoms with Crippen molar-refractivity contribution in [1.82, 2.24) is 4.31 Å². The molecule has 0 bridgehead atoms. The number of methoxy groups -OCH3 is 1. The smallest absolute Gasteiger partial charge is 0.387 e. The minimum Gasteiger partial charge on any atom is -0.493 e. The molecule has 10 heteroatoms. The van der Waals surface area contributed by atoms with Crippen molar-refractivity contribution in [2.24, 2.45) is 0 Å². The summed E-state index contributed by atoms with van der Waals surface area (Å²) in [5.41, 5.74) is 2.12. The predicted molar refractivity (Wildman–Crippen MR) is 118 cm³/mol. The Bertz CT molecular complexity index is 967. The molecule has 2 rings (SSSR count). The zero-order valence-electron chi connectivity index (χ0n) is 18.1. The van der Waals surface area contributed by atoms with E-state index in [9.17, 15) is 17.2 Å². The van der Waals surface area contributed by atoms with E-state index >= 15 is 0 Å². The van der Waals surface area contributed by atoms with Crippen LogP contribution < -0.4 is 20.1 Å². The summed E-state index contributed by atoms with van der Waals surface area (Å²) in [6.45, 7) is 4.31. The van der Waals surface area contributed by atoms with Crippen molar-refractivity contribution in [1.29, 1.82) is 0 Å². The van der Waals surface area contributed by atoms with Crippen LogP contribution in [0, 0.1) is 0 Å². The highest BCUT2D eigenvalue weighted by Gasteiger charge is 2.22. The summed E-state index contributed by atoms with van der Waals surface area (Å²) in [6, 6.07) is 9.54. The Labute approximate surface area is 182 Å². The van der Waals surface area contributed by atoms with Crippen molar-refractivity contribution in [3.05, 3.63) is 42.0 Å². The summed E-state index contributed by atoms with van der Waals surface area (Å²) >= 11 is 0. The zero-order chi connectivity index (χ0) is 23.0. The van der Waals surface area contributed by atoms with E-state index in [1.54, 1.807) is 44.2 Å². The van der Waals surface area contributed by atoms with Crippen molar-refractivity contribution < 1.29 is 26.7 Å². The molecule has 0 spiro atoms. The molecule has 0 heterocycles. The van der Waals surface area contributed by atoms with E-state index in [4.69, 9.17) is 4.74 Å². The molecule has 172 valence electrons. The van der Waals surface area contributed by atoms with Gasteiger partial charge in [-0.05, 0) is 42.8 Å². The SMILES string of the molecule is CCNc1ccc(S(=O)(=O)N(CC)CC)cc1NCc1ccc(OC(F)F)c(OC)c1. The fourth-order valence-corrected chi connectivity index (χ4v) is 4.58. The molecule has 0 aromatic heterocycles. The number of alkyl halides is 2. The highest BCUT2D eigenvalue weighted by Crippen LogP contribution is 2.31. The van der Waals surface area contributed by atoms with Crippen molar-refractivity contribution in [2.75, 3.05) is 37.4 Å². The first-order chi connectivity index (χ1) is 14.8. The Morgan fingerprint density at radius 1 is 0.968 bits per heavy atom. The molecule has 0 atom stereocenters. The molecule has 2 aromatic carbocycles. The van der Waals surface area contributed by atoms with Crippen LogP contribution in [0.5, 0.6) is 11.5 Å².